The van der Waals surface area contributed by atoms with Crippen LogP contribution < -0.4 is 10.6 Å². The van der Waals surface area contributed by atoms with Crippen molar-refractivity contribution in [2.45, 2.75) is 47.1 Å². The van der Waals surface area contributed by atoms with Crippen LogP contribution in [0.1, 0.15) is 42.5 Å². The number of ether oxygens (including phenoxy) is 2. The van der Waals surface area contributed by atoms with E-state index in [9.17, 15) is 9.59 Å². The van der Waals surface area contributed by atoms with Crippen molar-refractivity contribution in [3.63, 3.8) is 0 Å². The summed E-state index contributed by atoms with van der Waals surface area (Å²) in [6, 6.07) is 16.4. The van der Waals surface area contributed by atoms with E-state index in [1.54, 1.807) is 25.1 Å². The molecule has 1 unspecified atom stereocenters. The first-order valence-corrected chi connectivity index (χ1v) is 13.7. The van der Waals surface area contributed by atoms with Crippen LogP contribution in [-0.4, -0.2) is 41.2 Å². The highest BCUT2D eigenvalue weighted by molar-refractivity contribution is 6.31. The number of anilines is 1. The lowest BCUT2D eigenvalue weighted by atomic mass is 9.79. The predicted octanol–water partition coefficient (Wildman–Crippen LogP) is 5.60. The maximum Gasteiger partial charge on any atom is 0.336 e. The molecule has 4 rings (SSSR count). The Morgan fingerprint density at radius 1 is 1.02 bits per heavy atom. The standard InChI is InChI=1S/C31H35ClN4O4/c1-6-40-31(38)29-26(18-39-17-16-36-21(4)19(2)33-22(36)5)34-20(3)27(28(29)24-14-10-11-15-25(24)32)30(37)35-23-12-8-7-9-13-23/h7-15,28,34H,6,16-18H2,1-5H3,(H,35,37). The Balaban J connectivity index is 1.69. The topological polar surface area (TPSA) is 94.5 Å². The fourth-order valence-electron chi connectivity index (χ4n) is 4.98. The van der Waals surface area contributed by atoms with Gasteiger partial charge in [-0.25, -0.2) is 9.78 Å². The molecule has 0 radical (unpaired) electrons. The number of allylic oxidation sites excluding steroid dienone is 1. The van der Waals surface area contributed by atoms with Crippen molar-refractivity contribution in [2.24, 2.45) is 0 Å². The highest BCUT2D eigenvalue weighted by Crippen LogP contribution is 2.42. The third-order valence-corrected chi connectivity index (χ3v) is 7.33. The molecule has 1 aromatic heterocycles. The summed E-state index contributed by atoms with van der Waals surface area (Å²) in [5, 5.41) is 6.67. The number of carbonyl (C=O) groups is 2. The van der Waals surface area contributed by atoms with E-state index in [-0.39, 0.29) is 19.1 Å². The second-order valence-electron chi connectivity index (χ2n) is 9.59. The van der Waals surface area contributed by atoms with Crippen molar-refractivity contribution >= 4 is 29.2 Å². The average Bonchev–Trinajstić information content (AvgIpc) is 3.17. The Bertz CT molecular complexity index is 1460. The van der Waals surface area contributed by atoms with E-state index < -0.39 is 11.9 Å². The van der Waals surface area contributed by atoms with Gasteiger partial charge in [0, 0.05) is 34.2 Å². The number of para-hydroxylation sites is 1. The first-order chi connectivity index (χ1) is 19.2. The Morgan fingerprint density at radius 3 is 2.38 bits per heavy atom. The second-order valence-corrected chi connectivity index (χ2v) is 9.99. The number of aromatic nitrogens is 2. The molecule has 3 aromatic rings. The van der Waals surface area contributed by atoms with Crippen LogP contribution >= 0.6 is 11.6 Å². The molecule has 0 saturated carbocycles. The summed E-state index contributed by atoms with van der Waals surface area (Å²) in [6.45, 7) is 10.9. The molecule has 210 valence electrons. The predicted molar refractivity (Wildman–Crippen MR) is 156 cm³/mol. The van der Waals surface area contributed by atoms with Crippen molar-refractivity contribution < 1.29 is 19.1 Å². The Labute approximate surface area is 240 Å². The summed E-state index contributed by atoms with van der Waals surface area (Å²) in [5.74, 6) is -0.721. The van der Waals surface area contributed by atoms with Crippen LogP contribution in [0.15, 0.2) is 77.1 Å². The van der Waals surface area contributed by atoms with Crippen molar-refractivity contribution in [3.8, 4) is 0 Å². The Morgan fingerprint density at radius 2 is 1.73 bits per heavy atom. The van der Waals surface area contributed by atoms with Crippen molar-refractivity contribution in [2.75, 3.05) is 25.1 Å². The number of hydrogen-bond acceptors (Lipinski definition) is 6. The van der Waals surface area contributed by atoms with Gasteiger partial charge in [-0.3, -0.25) is 4.79 Å². The van der Waals surface area contributed by atoms with Gasteiger partial charge in [0.15, 0.2) is 0 Å². The fraction of sp³-hybridized carbons (Fsp3) is 0.323. The minimum Gasteiger partial charge on any atom is -0.463 e. The zero-order chi connectivity index (χ0) is 28.8. The minimum atomic E-state index is -0.767. The number of aryl methyl sites for hydroxylation is 2. The number of rotatable bonds is 10. The van der Waals surface area contributed by atoms with E-state index in [1.165, 1.54) is 0 Å². The molecule has 0 aliphatic carbocycles. The van der Waals surface area contributed by atoms with Crippen molar-refractivity contribution in [1.82, 2.24) is 14.9 Å². The molecular weight excluding hydrogens is 528 g/mol. The summed E-state index contributed by atoms with van der Waals surface area (Å²) >= 11 is 6.67. The van der Waals surface area contributed by atoms with Gasteiger partial charge in [0.1, 0.15) is 5.82 Å². The number of nitrogens with one attached hydrogen (secondary N) is 2. The average molecular weight is 563 g/mol. The SMILES string of the molecule is CCOC(=O)C1=C(COCCn2c(C)nc(C)c2C)NC(C)=C(C(=O)Nc2ccccc2)C1c1ccccc1Cl. The van der Waals surface area contributed by atoms with Crippen LogP contribution in [0.4, 0.5) is 5.69 Å². The molecule has 40 heavy (non-hydrogen) atoms. The number of hydrogen-bond donors (Lipinski definition) is 2. The minimum absolute atomic E-state index is 0.117. The van der Waals surface area contributed by atoms with E-state index in [4.69, 9.17) is 21.1 Å². The number of imidazole rings is 1. The van der Waals surface area contributed by atoms with Gasteiger partial charge in [0.05, 0.1) is 42.7 Å². The number of benzene rings is 2. The maximum absolute atomic E-state index is 13.7. The normalized spacial score (nSPS) is 15.2. The number of halogens is 1. The molecule has 0 bridgehead atoms. The molecule has 1 atom stereocenters. The van der Waals surface area contributed by atoms with Crippen LogP contribution in [0.3, 0.4) is 0 Å². The Kier molecular flexibility index (Phi) is 9.45. The molecule has 0 saturated heterocycles. The van der Waals surface area contributed by atoms with Gasteiger partial charge in [0.2, 0.25) is 0 Å². The van der Waals surface area contributed by atoms with E-state index in [2.05, 4.69) is 20.2 Å². The highest BCUT2D eigenvalue weighted by atomic mass is 35.5. The lowest BCUT2D eigenvalue weighted by Crippen LogP contribution is -2.36. The summed E-state index contributed by atoms with van der Waals surface area (Å²) in [7, 11) is 0. The van der Waals surface area contributed by atoms with Crippen LogP contribution in [0, 0.1) is 20.8 Å². The van der Waals surface area contributed by atoms with E-state index >= 15 is 0 Å². The van der Waals surface area contributed by atoms with Gasteiger partial charge in [-0.1, -0.05) is 48.0 Å². The first-order valence-electron chi connectivity index (χ1n) is 13.3. The third kappa shape index (κ3) is 6.29. The third-order valence-electron chi connectivity index (χ3n) is 6.99. The molecule has 0 fully saturated rings. The van der Waals surface area contributed by atoms with Gasteiger partial charge in [-0.05, 0) is 58.4 Å². The molecule has 2 N–H and O–H groups in total. The zero-order valence-electron chi connectivity index (χ0n) is 23.5. The molecule has 0 spiro atoms. The summed E-state index contributed by atoms with van der Waals surface area (Å²) in [5.41, 5.74) is 5.16. The molecule has 1 aliphatic rings. The second kappa shape index (κ2) is 13.0. The van der Waals surface area contributed by atoms with Crippen LogP contribution in [0.2, 0.25) is 5.02 Å². The summed E-state index contributed by atoms with van der Waals surface area (Å²) in [6.07, 6.45) is 0. The molecule has 9 heteroatoms. The molecule has 2 aromatic carbocycles. The quantitative estimate of drug-likeness (QED) is 0.247. The van der Waals surface area contributed by atoms with Crippen molar-refractivity contribution in [3.05, 3.63) is 105 Å². The number of nitrogens with zero attached hydrogens (tertiary/aromatic N) is 2. The van der Waals surface area contributed by atoms with Crippen LogP contribution in [0.25, 0.3) is 0 Å². The maximum atomic E-state index is 13.7. The first kappa shape index (κ1) is 29.1. The molecule has 2 heterocycles. The van der Waals surface area contributed by atoms with Crippen molar-refractivity contribution in [1.29, 1.82) is 0 Å². The molecular formula is C31H35ClN4O4. The summed E-state index contributed by atoms with van der Waals surface area (Å²) < 4.78 is 13.7. The zero-order valence-corrected chi connectivity index (χ0v) is 24.3. The smallest absolute Gasteiger partial charge is 0.336 e. The molecule has 8 nitrogen and oxygen atoms in total. The van der Waals surface area contributed by atoms with Gasteiger partial charge < -0.3 is 24.7 Å². The summed E-state index contributed by atoms with van der Waals surface area (Å²) in [4.78, 5) is 31.7. The Hall–Kier alpha value is -3.88. The van der Waals surface area contributed by atoms with Gasteiger partial charge in [-0.15, -0.1) is 0 Å². The lowest BCUT2D eigenvalue weighted by molar-refractivity contribution is -0.138. The number of amides is 1. The van der Waals surface area contributed by atoms with E-state index in [1.807, 2.05) is 64.1 Å². The molecule has 1 aliphatic heterocycles. The van der Waals surface area contributed by atoms with E-state index in [0.29, 0.717) is 52.0 Å². The van der Waals surface area contributed by atoms with Gasteiger partial charge >= 0.3 is 5.97 Å². The van der Waals surface area contributed by atoms with Crippen LogP contribution in [-0.2, 0) is 25.6 Å². The number of dihydropyridines is 1. The highest BCUT2D eigenvalue weighted by Gasteiger charge is 2.39. The van der Waals surface area contributed by atoms with Gasteiger partial charge in [-0.2, -0.15) is 0 Å². The molecule has 1 amide bonds. The lowest BCUT2D eigenvalue weighted by Gasteiger charge is -2.32. The van der Waals surface area contributed by atoms with E-state index in [0.717, 1.165) is 17.2 Å². The number of esters is 1. The van der Waals surface area contributed by atoms with Crippen LogP contribution in [0.5, 0.6) is 0 Å². The fourth-order valence-corrected chi connectivity index (χ4v) is 5.23. The monoisotopic (exact) mass is 562 g/mol. The largest absolute Gasteiger partial charge is 0.463 e. The number of carbonyl (C=O) groups excluding carboxylic acids is 2. The van der Waals surface area contributed by atoms with Gasteiger partial charge in [0.25, 0.3) is 5.91 Å².